The van der Waals surface area contributed by atoms with Crippen molar-refractivity contribution in [3.05, 3.63) is 137 Å². The first-order valence-electron chi connectivity index (χ1n) is 19.9. The van der Waals surface area contributed by atoms with Gasteiger partial charge in [0.05, 0.1) is 19.3 Å². The van der Waals surface area contributed by atoms with E-state index >= 15 is 0 Å². The molecule has 0 unspecified atom stereocenters. The molecule has 6 rings (SSSR count). The van der Waals surface area contributed by atoms with E-state index in [4.69, 9.17) is 4.74 Å². The first-order valence-corrected chi connectivity index (χ1v) is 19.9. The van der Waals surface area contributed by atoms with E-state index in [0.29, 0.717) is 38.8 Å². The number of nitrogens with one attached hydrogen (secondary N) is 2. The number of rotatable bonds is 16. The number of hydrogen-bond acceptors (Lipinski definition) is 6. The summed E-state index contributed by atoms with van der Waals surface area (Å²) in [5, 5.41) is 18.6. The van der Waals surface area contributed by atoms with E-state index in [1.807, 2.05) is 86.6 Å². The van der Waals surface area contributed by atoms with Crippen molar-refractivity contribution in [3.8, 4) is 5.75 Å². The van der Waals surface area contributed by atoms with Gasteiger partial charge in [-0.3, -0.25) is 19.3 Å². The maximum absolute atomic E-state index is 14.8. The lowest BCUT2D eigenvalue weighted by atomic mass is 9.81. The van der Waals surface area contributed by atoms with Gasteiger partial charge in [0, 0.05) is 38.7 Å². The van der Waals surface area contributed by atoms with Crippen molar-refractivity contribution in [1.29, 1.82) is 0 Å². The standard InChI is InChI=1S/C46H54F2N4O5/c1-5-30(2)46(50-31(3)53)21-22-52(45(46)56)41(20-17-32-11-7-6-8-12-32)44(55)49-40(25-34-23-37(47)27-38(48)24-34)43(54)42-26-35-13-9-10-14-36(35)29-51(42)28-33-15-18-39(57-4)19-16-33/h6-16,18-19,23-24,27,30,40-43,54H,5,17,20-22,25-26,28-29H2,1-4H3,(H,49,55)(H,50,53)/t30-,40+,41+,42-,43+,46+/m1/s1. The Morgan fingerprint density at radius 2 is 1.60 bits per heavy atom. The van der Waals surface area contributed by atoms with E-state index in [2.05, 4.69) is 21.6 Å². The van der Waals surface area contributed by atoms with Crippen LogP contribution in [-0.4, -0.2) is 76.1 Å². The minimum absolute atomic E-state index is 0.0713. The van der Waals surface area contributed by atoms with E-state index in [0.717, 1.165) is 34.1 Å². The van der Waals surface area contributed by atoms with Crippen LogP contribution in [-0.2, 0) is 46.7 Å². The molecule has 0 aromatic heterocycles. The molecule has 4 aromatic rings. The smallest absolute Gasteiger partial charge is 0.249 e. The molecule has 0 bridgehead atoms. The molecule has 3 amide bonds. The Morgan fingerprint density at radius 3 is 2.25 bits per heavy atom. The van der Waals surface area contributed by atoms with Crippen LogP contribution in [0.3, 0.4) is 0 Å². The molecule has 0 aliphatic carbocycles. The first-order chi connectivity index (χ1) is 27.4. The number of halogens is 2. The number of methoxy groups -OCH3 is 1. The Hall–Kier alpha value is -5.13. The third-order valence-corrected chi connectivity index (χ3v) is 11.9. The second-order valence-electron chi connectivity index (χ2n) is 15.6. The average molecular weight is 781 g/mol. The van der Waals surface area contributed by atoms with Gasteiger partial charge in [0.1, 0.15) is 29.0 Å². The Bertz CT molecular complexity index is 1990. The molecule has 57 heavy (non-hydrogen) atoms. The zero-order valence-electron chi connectivity index (χ0n) is 33.2. The van der Waals surface area contributed by atoms with Gasteiger partial charge in [0.15, 0.2) is 0 Å². The second-order valence-corrected chi connectivity index (χ2v) is 15.6. The van der Waals surface area contributed by atoms with Gasteiger partial charge in [0.2, 0.25) is 17.7 Å². The highest BCUT2D eigenvalue weighted by molar-refractivity contribution is 5.96. The zero-order chi connectivity index (χ0) is 40.7. The summed E-state index contributed by atoms with van der Waals surface area (Å²) in [6.45, 7) is 6.55. The summed E-state index contributed by atoms with van der Waals surface area (Å²) in [5.74, 6) is -2.13. The molecule has 6 atom stereocenters. The highest BCUT2D eigenvalue weighted by Gasteiger charge is 2.53. The molecule has 4 aromatic carbocycles. The maximum Gasteiger partial charge on any atom is 0.249 e. The van der Waals surface area contributed by atoms with Crippen molar-refractivity contribution >= 4 is 17.7 Å². The van der Waals surface area contributed by atoms with Crippen LogP contribution in [0.1, 0.15) is 67.9 Å². The lowest BCUT2D eigenvalue weighted by Crippen LogP contribution is -2.61. The summed E-state index contributed by atoms with van der Waals surface area (Å²) in [5.41, 5.74) is 3.28. The quantitative estimate of drug-likeness (QED) is 0.126. The molecule has 0 saturated carbocycles. The number of hydrogen-bond donors (Lipinski definition) is 3. The van der Waals surface area contributed by atoms with Gasteiger partial charge in [-0.1, -0.05) is 87.0 Å². The van der Waals surface area contributed by atoms with Crippen LogP contribution in [0.2, 0.25) is 0 Å². The zero-order valence-corrected chi connectivity index (χ0v) is 33.2. The number of carbonyl (C=O) groups is 3. The molecular formula is C46H54F2N4O5. The predicted octanol–water partition coefficient (Wildman–Crippen LogP) is 6.14. The van der Waals surface area contributed by atoms with Gasteiger partial charge < -0.3 is 25.4 Å². The molecule has 0 radical (unpaired) electrons. The number of benzene rings is 4. The SMILES string of the molecule is CC[C@@H](C)[C@@]1(NC(C)=O)CCN([C@@H](CCc2ccccc2)C(=O)N[C@@H](Cc2cc(F)cc(F)c2)[C@H](O)[C@H]2Cc3ccccc3CN2Cc2ccc(OC)cc2)C1=O. The van der Waals surface area contributed by atoms with E-state index < -0.39 is 47.3 Å². The van der Waals surface area contributed by atoms with E-state index in [9.17, 15) is 28.3 Å². The van der Waals surface area contributed by atoms with Crippen molar-refractivity contribution in [1.82, 2.24) is 20.4 Å². The van der Waals surface area contributed by atoms with E-state index in [-0.39, 0.29) is 42.7 Å². The number of aliphatic hydroxyl groups excluding tert-OH is 1. The molecule has 0 spiro atoms. The molecule has 9 nitrogen and oxygen atoms in total. The molecule has 3 N–H and O–H groups in total. The highest BCUT2D eigenvalue weighted by Crippen LogP contribution is 2.35. The Kier molecular flexibility index (Phi) is 13.4. The van der Waals surface area contributed by atoms with Crippen LogP contribution in [0.15, 0.2) is 97.1 Å². The number of carbonyl (C=O) groups excluding carboxylic acids is 3. The lowest BCUT2D eigenvalue weighted by Gasteiger charge is -2.42. The van der Waals surface area contributed by atoms with Crippen molar-refractivity contribution in [2.75, 3.05) is 13.7 Å². The van der Waals surface area contributed by atoms with Gasteiger partial charge in [-0.25, -0.2) is 8.78 Å². The summed E-state index contributed by atoms with van der Waals surface area (Å²) in [7, 11) is 1.61. The van der Waals surface area contributed by atoms with Gasteiger partial charge in [-0.15, -0.1) is 0 Å². The summed E-state index contributed by atoms with van der Waals surface area (Å²) >= 11 is 0. The Labute approximate surface area is 334 Å². The van der Waals surface area contributed by atoms with Crippen LogP contribution in [0, 0.1) is 17.6 Å². The van der Waals surface area contributed by atoms with Crippen LogP contribution >= 0.6 is 0 Å². The number of amides is 3. The number of aliphatic hydroxyl groups is 1. The van der Waals surface area contributed by atoms with Crippen LogP contribution in [0.5, 0.6) is 5.75 Å². The normalized spacial score (nSPS) is 20.3. The fourth-order valence-electron chi connectivity index (χ4n) is 8.66. The second kappa shape index (κ2) is 18.4. The summed E-state index contributed by atoms with van der Waals surface area (Å²) in [6, 6.07) is 26.2. The van der Waals surface area contributed by atoms with Gasteiger partial charge in [-0.2, -0.15) is 0 Å². The van der Waals surface area contributed by atoms with Gasteiger partial charge >= 0.3 is 0 Å². The third kappa shape index (κ3) is 9.71. The van der Waals surface area contributed by atoms with Crippen molar-refractivity contribution in [2.45, 2.75) is 102 Å². The maximum atomic E-state index is 14.8. The topological polar surface area (TPSA) is 111 Å². The van der Waals surface area contributed by atoms with Gasteiger partial charge in [0.25, 0.3) is 0 Å². The number of aryl methyl sites for hydroxylation is 1. The molecule has 2 aliphatic heterocycles. The Morgan fingerprint density at radius 1 is 0.930 bits per heavy atom. The molecule has 2 aliphatic rings. The summed E-state index contributed by atoms with van der Waals surface area (Å²) in [4.78, 5) is 45.6. The summed E-state index contributed by atoms with van der Waals surface area (Å²) in [6.07, 6.45) is 0.927. The lowest BCUT2D eigenvalue weighted by molar-refractivity contribution is -0.144. The van der Waals surface area contributed by atoms with E-state index in [1.165, 1.54) is 19.1 Å². The minimum Gasteiger partial charge on any atom is -0.497 e. The molecule has 1 saturated heterocycles. The number of likely N-dealkylation sites (tertiary alicyclic amines) is 1. The van der Waals surface area contributed by atoms with Crippen molar-refractivity contribution in [2.24, 2.45) is 5.92 Å². The minimum atomic E-state index is -1.20. The van der Waals surface area contributed by atoms with Crippen LogP contribution in [0.25, 0.3) is 0 Å². The molecule has 302 valence electrons. The van der Waals surface area contributed by atoms with E-state index in [1.54, 1.807) is 12.0 Å². The van der Waals surface area contributed by atoms with Gasteiger partial charge in [-0.05, 0) is 90.1 Å². The number of nitrogens with zero attached hydrogens (tertiary/aromatic N) is 2. The van der Waals surface area contributed by atoms with Crippen LogP contribution in [0.4, 0.5) is 8.78 Å². The summed E-state index contributed by atoms with van der Waals surface area (Å²) < 4.78 is 34.6. The van der Waals surface area contributed by atoms with Crippen molar-refractivity contribution in [3.63, 3.8) is 0 Å². The third-order valence-electron chi connectivity index (χ3n) is 11.9. The average Bonchev–Trinajstić information content (AvgIpc) is 3.52. The monoisotopic (exact) mass is 780 g/mol. The fraction of sp³-hybridized carbons (Fsp3) is 0.413. The molecule has 1 fully saturated rings. The van der Waals surface area contributed by atoms with Crippen LogP contribution < -0.4 is 15.4 Å². The number of ether oxygens (including phenoxy) is 1. The molecular weight excluding hydrogens is 727 g/mol. The highest BCUT2D eigenvalue weighted by atomic mass is 19.1. The van der Waals surface area contributed by atoms with Crippen molar-refractivity contribution < 1.29 is 33.0 Å². The fourth-order valence-corrected chi connectivity index (χ4v) is 8.66. The first kappa shape index (κ1) is 41.5. The number of fused-ring (bicyclic) bond motifs is 1. The largest absolute Gasteiger partial charge is 0.497 e. The Balaban J connectivity index is 1.35. The predicted molar refractivity (Wildman–Crippen MR) is 215 cm³/mol. The molecule has 11 heteroatoms. The molecule has 2 heterocycles.